The molecule has 0 radical (unpaired) electrons. The van der Waals surface area contributed by atoms with Crippen molar-refractivity contribution in [2.75, 3.05) is 7.11 Å². The molecule has 0 amide bonds. The number of esters is 1. The number of ether oxygens (including phenoxy) is 2. The molecule has 2 aliphatic rings. The van der Waals surface area contributed by atoms with E-state index in [-0.39, 0.29) is 29.3 Å². The van der Waals surface area contributed by atoms with Crippen LogP contribution in [0.3, 0.4) is 0 Å². The summed E-state index contributed by atoms with van der Waals surface area (Å²) in [4.78, 5) is 12.8. The third-order valence-corrected chi connectivity index (χ3v) is 8.50. The van der Waals surface area contributed by atoms with Gasteiger partial charge in [-0.3, -0.25) is 4.79 Å². The topological polar surface area (TPSA) is 35.5 Å². The molecular formula is C31H39F3O3. The van der Waals surface area contributed by atoms with Crippen molar-refractivity contribution in [1.82, 2.24) is 0 Å². The summed E-state index contributed by atoms with van der Waals surface area (Å²) in [6.07, 6.45) is 11.3. The number of carbonyl (C=O) groups excluding carboxylic acids is 1. The monoisotopic (exact) mass is 516 g/mol. The number of methoxy groups -OCH3 is 1. The van der Waals surface area contributed by atoms with Crippen LogP contribution in [0.5, 0.6) is 11.5 Å². The lowest BCUT2D eigenvalue weighted by Crippen LogP contribution is -2.25. The molecule has 4 rings (SSSR count). The Balaban J connectivity index is 1.30. The van der Waals surface area contributed by atoms with Gasteiger partial charge in [0.25, 0.3) is 0 Å². The first-order valence-corrected chi connectivity index (χ1v) is 13.9. The molecule has 0 bridgehead atoms. The molecule has 0 spiro atoms. The number of carbonyl (C=O) groups is 1. The summed E-state index contributed by atoms with van der Waals surface area (Å²) in [5.41, 5.74) is 1.28. The molecule has 2 fully saturated rings. The second-order valence-electron chi connectivity index (χ2n) is 10.9. The van der Waals surface area contributed by atoms with Gasteiger partial charge in [0.1, 0.15) is 0 Å². The Morgan fingerprint density at radius 1 is 0.838 bits per heavy atom. The summed E-state index contributed by atoms with van der Waals surface area (Å²) in [7, 11) is 1.43. The van der Waals surface area contributed by atoms with E-state index in [2.05, 4.69) is 6.92 Å². The number of unbranched alkanes of at least 4 members (excludes halogenated alkanes) is 2. The van der Waals surface area contributed by atoms with E-state index in [4.69, 9.17) is 9.47 Å². The highest BCUT2D eigenvalue weighted by molar-refractivity contribution is 5.75. The van der Waals surface area contributed by atoms with E-state index >= 15 is 4.39 Å². The van der Waals surface area contributed by atoms with E-state index in [0.717, 1.165) is 31.2 Å². The number of benzene rings is 2. The number of rotatable bonds is 9. The second-order valence-corrected chi connectivity index (χ2v) is 10.9. The predicted octanol–water partition coefficient (Wildman–Crippen LogP) is 8.85. The van der Waals surface area contributed by atoms with Crippen LogP contribution in [-0.2, 0) is 4.79 Å². The maximum absolute atomic E-state index is 15.0. The van der Waals surface area contributed by atoms with Gasteiger partial charge in [-0.2, -0.15) is 4.39 Å². The number of halogens is 3. The van der Waals surface area contributed by atoms with Crippen LogP contribution >= 0.6 is 0 Å². The quantitative estimate of drug-likeness (QED) is 0.190. The fourth-order valence-corrected chi connectivity index (χ4v) is 6.18. The highest BCUT2D eigenvalue weighted by Crippen LogP contribution is 2.41. The zero-order chi connectivity index (χ0) is 26.4. The van der Waals surface area contributed by atoms with E-state index < -0.39 is 23.4 Å². The lowest BCUT2D eigenvalue weighted by molar-refractivity contribution is -0.140. The number of hydrogen-bond donors (Lipinski definition) is 0. The molecule has 0 aliphatic heterocycles. The average Bonchev–Trinajstić information content (AvgIpc) is 2.92. The Hall–Kier alpha value is -2.50. The van der Waals surface area contributed by atoms with Crippen molar-refractivity contribution in [2.45, 2.75) is 95.8 Å². The summed E-state index contributed by atoms with van der Waals surface area (Å²) in [5.74, 6) is -2.56. The van der Waals surface area contributed by atoms with Crippen LogP contribution in [0, 0.1) is 29.3 Å². The van der Waals surface area contributed by atoms with Gasteiger partial charge in [-0.15, -0.1) is 0 Å². The second kappa shape index (κ2) is 12.8. The fraction of sp³-hybridized carbons (Fsp3) is 0.581. The van der Waals surface area contributed by atoms with Crippen LogP contribution in [0.25, 0.3) is 0 Å². The summed E-state index contributed by atoms with van der Waals surface area (Å²) < 4.78 is 54.3. The molecule has 0 unspecified atom stereocenters. The maximum Gasteiger partial charge on any atom is 0.314 e. The first kappa shape index (κ1) is 27.5. The van der Waals surface area contributed by atoms with Crippen LogP contribution < -0.4 is 9.47 Å². The van der Waals surface area contributed by atoms with Gasteiger partial charge in [-0.1, -0.05) is 44.7 Å². The zero-order valence-corrected chi connectivity index (χ0v) is 22.0. The van der Waals surface area contributed by atoms with Gasteiger partial charge < -0.3 is 9.47 Å². The molecule has 2 aromatic rings. The molecule has 3 nitrogen and oxygen atoms in total. The molecule has 0 atom stereocenters. The SMILES string of the molecule is CCCCCC1CCC(c2ccc(OC(=O)C3CCC(c4ccc(OC)c(F)c4)CC3)c(F)c2F)CC1. The highest BCUT2D eigenvalue weighted by atomic mass is 19.2. The minimum absolute atomic E-state index is 0.0137. The molecule has 2 aromatic carbocycles. The van der Waals surface area contributed by atoms with Crippen molar-refractivity contribution in [2.24, 2.45) is 11.8 Å². The Morgan fingerprint density at radius 2 is 1.51 bits per heavy atom. The summed E-state index contributed by atoms with van der Waals surface area (Å²) in [6.45, 7) is 2.20. The van der Waals surface area contributed by atoms with Crippen molar-refractivity contribution >= 4 is 5.97 Å². The summed E-state index contributed by atoms with van der Waals surface area (Å²) >= 11 is 0. The lowest BCUT2D eigenvalue weighted by Gasteiger charge is -2.29. The van der Waals surface area contributed by atoms with E-state index in [9.17, 15) is 13.6 Å². The van der Waals surface area contributed by atoms with E-state index in [0.29, 0.717) is 37.2 Å². The van der Waals surface area contributed by atoms with Crippen LogP contribution in [0.1, 0.15) is 107 Å². The van der Waals surface area contributed by atoms with Crippen LogP contribution in [-0.4, -0.2) is 13.1 Å². The Kier molecular flexibility index (Phi) is 9.55. The van der Waals surface area contributed by atoms with Crippen molar-refractivity contribution in [3.63, 3.8) is 0 Å². The van der Waals surface area contributed by atoms with Crippen LogP contribution in [0.2, 0.25) is 0 Å². The Morgan fingerprint density at radius 3 is 2.16 bits per heavy atom. The van der Waals surface area contributed by atoms with Crippen LogP contribution in [0.4, 0.5) is 13.2 Å². The molecule has 0 aromatic heterocycles. The van der Waals surface area contributed by atoms with Gasteiger partial charge in [0, 0.05) is 0 Å². The Bertz CT molecular complexity index is 1050. The zero-order valence-electron chi connectivity index (χ0n) is 22.0. The maximum atomic E-state index is 15.0. The molecule has 37 heavy (non-hydrogen) atoms. The fourth-order valence-electron chi connectivity index (χ4n) is 6.18. The van der Waals surface area contributed by atoms with E-state index in [1.165, 1.54) is 44.9 Å². The predicted molar refractivity (Wildman–Crippen MR) is 138 cm³/mol. The first-order valence-electron chi connectivity index (χ1n) is 13.9. The lowest BCUT2D eigenvalue weighted by atomic mass is 9.77. The minimum Gasteiger partial charge on any atom is -0.494 e. The van der Waals surface area contributed by atoms with Crippen molar-refractivity contribution in [1.29, 1.82) is 0 Å². The van der Waals surface area contributed by atoms with Gasteiger partial charge in [-0.25, -0.2) is 8.78 Å². The van der Waals surface area contributed by atoms with Gasteiger partial charge in [0.15, 0.2) is 23.1 Å². The van der Waals surface area contributed by atoms with Crippen molar-refractivity contribution in [3.05, 3.63) is 58.9 Å². The normalized spacial score (nSPS) is 24.0. The Labute approximate surface area is 218 Å². The average molecular weight is 517 g/mol. The molecule has 0 heterocycles. The molecule has 0 saturated heterocycles. The molecule has 2 aliphatic carbocycles. The molecule has 6 heteroatoms. The molecular weight excluding hydrogens is 477 g/mol. The third-order valence-electron chi connectivity index (χ3n) is 8.50. The van der Waals surface area contributed by atoms with Gasteiger partial charge in [0.2, 0.25) is 5.82 Å². The molecule has 2 saturated carbocycles. The largest absolute Gasteiger partial charge is 0.494 e. The molecule has 0 N–H and O–H groups in total. The minimum atomic E-state index is -1.07. The van der Waals surface area contributed by atoms with Crippen molar-refractivity contribution in [3.8, 4) is 11.5 Å². The highest BCUT2D eigenvalue weighted by Gasteiger charge is 2.31. The smallest absolute Gasteiger partial charge is 0.314 e. The van der Waals surface area contributed by atoms with Gasteiger partial charge in [-0.05, 0) is 98.4 Å². The standard InChI is InChI=1S/C31H39F3O3/c1-3-4-5-6-20-7-9-22(10-8-20)25-16-18-28(30(34)29(25)33)37-31(35)23-13-11-21(12-14-23)24-15-17-27(36-2)26(32)19-24/h15-23H,3-14H2,1-2H3. The number of hydrogen-bond acceptors (Lipinski definition) is 3. The van der Waals surface area contributed by atoms with E-state index in [1.54, 1.807) is 12.1 Å². The van der Waals surface area contributed by atoms with E-state index in [1.807, 2.05) is 6.07 Å². The first-order chi connectivity index (χ1) is 17.9. The molecule has 202 valence electrons. The van der Waals surface area contributed by atoms with Gasteiger partial charge in [0.05, 0.1) is 13.0 Å². The summed E-state index contributed by atoms with van der Waals surface area (Å²) in [5, 5.41) is 0. The van der Waals surface area contributed by atoms with Crippen molar-refractivity contribution < 1.29 is 27.4 Å². The third kappa shape index (κ3) is 6.69. The summed E-state index contributed by atoms with van der Waals surface area (Å²) in [6, 6.07) is 7.96. The van der Waals surface area contributed by atoms with Crippen LogP contribution in [0.15, 0.2) is 30.3 Å². The van der Waals surface area contributed by atoms with Gasteiger partial charge >= 0.3 is 5.97 Å².